The number of aromatic nitrogens is 1. The van der Waals surface area contributed by atoms with Gasteiger partial charge in [0.25, 0.3) is 0 Å². The molecule has 134 valence electrons. The first-order valence-corrected chi connectivity index (χ1v) is 9.53. The lowest BCUT2D eigenvalue weighted by Gasteiger charge is -2.27. The van der Waals surface area contributed by atoms with Crippen molar-refractivity contribution in [3.8, 4) is 0 Å². The molecule has 0 unspecified atom stereocenters. The van der Waals surface area contributed by atoms with E-state index in [1.54, 1.807) is 0 Å². The number of hydrogen-bond acceptors (Lipinski definition) is 4. The molecule has 1 fully saturated rings. The zero-order valence-electron chi connectivity index (χ0n) is 15.3. The lowest BCUT2D eigenvalue weighted by Crippen LogP contribution is -2.42. The second-order valence-corrected chi connectivity index (χ2v) is 6.84. The molecule has 1 aromatic carbocycles. The minimum atomic E-state index is 0.886. The van der Waals surface area contributed by atoms with E-state index in [1.165, 1.54) is 29.7 Å². The van der Waals surface area contributed by atoms with Crippen molar-refractivity contribution in [2.75, 3.05) is 38.0 Å². The summed E-state index contributed by atoms with van der Waals surface area (Å²) in [6.07, 6.45) is 5.21. The van der Waals surface area contributed by atoms with Crippen LogP contribution < -0.4 is 10.6 Å². The summed E-state index contributed by atoms with van der Waals surface area (Å²) in [6, 6.07) is 13.2. The van der Waals surface area contributed by atoms with Crippen LogP contribution in [0, 0.1) is 0 Å². The summed E-state index contributed by atoms with van der Waals surface area (Å²) in [5, 5.41) is 6.88. The highest BCUT2D eigenvalue weighted by atomic mass is 15.2. The Morgan fingerprint density at radius 1 is 1.08 bits per heavy atom. The highest BCUT2D eigenvalue weighted by Gasteiger charge is 2.09. The van der Waals surface area contributed by atoms with Crippen molar-refractivity contribution in [2.24, 2.45) is 0 Å². The third-order valence-corrected chi connectivity index (χ3v) is 4.70. The number of rotatable bonds is 8. The first-order valence-electron chi connectivity index (χ1n) is 9.53. The Hall–Kier alpha value is -1.91. The first kappa shape index (κ1) is 17.9. The van der Waals surface area contributed by atoms with Crippen LogP contribution in [-0.2, 0) is 13.0 Å². The van der Waals surface area contributed by atoms with E-state index in [2.05, 4.69) is 63.8 Å². The summed E-state index contributed by atoms with van der Waals surface area (Å²) >= 11 is 0. The average molecular weight is 338 g/mol. The number of nitrogens with one attached hydrogen (secondary N) is 2. The van der Waals surface area contributed by atoms with Gasteiger partial charge in [0.15, 0.2) is 0 Å². The molecule has 0 atom stereocenters. The van der Waals surface area contributed by atoms with Crippen molar-refractivity contribution in [3.63, 3.8) is 0 Å². The number of piperazine rings is 1. The van der Waals surface area contributed by atoms with Gasteiger partial charge in [-0.15, -0.1) is 0 Å². The molecule has 2 N–H and O–H groups in total. The molecule has 1 saturated heterocycles. The molecular weight excluding hydrogens is 308 g/mol. The van der Waals surface area contributed by atoms with Gasteiger partial charge < -0.3 is 10.6 Å². The van der Waals surface area contributed by atoms with Crippen molar-refractivity contribution < 1.29 is 0 Å². The van der Waals surface area contributed by atoms with Gasteiger partial charge in [0, 0.05) is 63.3 Å². The molecule has 0 radical (unpaired) electrons. The third-order valence-electron chi connectivity index (χ3n) is 4.70. The van der Waals surface area contributed by atoms with Crippen LogP contribution in [0.4, 0.5) is 5.69 Å². The average Bonchev–Trinajstić information content (AvgIpc) is 2.65. The Bertz CT molecular complexity index is 633. The van der Waals surface area contributed by atoms with E-state index in [1.807, 2.05) is 6.20 Å². The van der Waals surface area contributed by atoms with Gasteiger partial charge in [0.1, 0.15) is 0 Å². The van der Waals surface area contributed by atoms with Gasteiger partial charge in [-0.3, -0.25) is 9.88 Å². The molecule has 2 aromatic rings. The highest BCUT2D eigenvalue weighted by molar-refractivity contribution is 5.44. The number of anilines is 1. The van der Waals surface area contributed by atoms with E-state index in [-0.39, 0.29) is 0 Å². The van der Waals surface area contributed by atoms with Crippen molar-refractivity contribution in [1.29, 1.82) is 0 Å². The van der Waals surface area contributed by atoms with Crippen LogP contribution in [0.3, 0.4) is 0 Å². The van der Waals surface area contributed by atoms with Gasteiger partial charge in [-0.2, -0.15) is 0 Å². The van der Waals surface area contributed by atoms with Crippen molar-refractivity contribution >= 4 is 5.69 Å². The minimum absolute atomic E-state index is 0.886. The molecule has 0 bridgehead atoms. The summed E-state index contributed by atoms with van der Waals surface area (Å²) < 4.78 is 0. The Morgan fingerprint density at radius 2 is 1.84 bits per heavy atom. The standard InChI is InChI=1S/C21H30N4/c1-2-3-9-23-20-8-10-24-21(16-20)15-18-4-6-19(7-5-18)17-25-13-11-22-12-14-25/h4-8,10,16,22H,2-3,9,11-15,17H2,1H3,(H,23,24). The summed E-state index contributed by atoms with van der Waals surface area (Å²) in [5.74, 6) is 0. The van der Waals surface area contributed by atoms with Crippen molar-refractivity contribution in [1.82, 2.24) is 15.2 Å². The van der Waals surface area contributed by atoms with Crippen LogP contribution in [0.1, 0.15) is 36.6 Å². The lowest BCUT2D eigenvalue weighted by molar-refractivity contribution is 0.233. The Balaban J connectivity index is 1.54. The van der Waals surface area contributed by atoms with E-state index in [4.69, 9.17) is 0 Å². The number of hydrogen-bond donors (Lipinski definition) is 2. The van der Waals surface area contributed by atoms with Gasteiger partial charge >= 0.3 is 0 Å². The molecule has 0 aliphatic carbocycles. The van der Waals surface area contributed by atoms with Crippen LogP contribution in [0.2, 0.25) is 0 Å². The number of pyridine rings is 1. The van der Waals surface area contributed by atoms with Gasteiger partial charge in [-0.05, 0) is 29.7 Å². The van der Waals surface area contributed by atoms with Crippen LogP contribution in [0.15, 0.2) is 42.6 Å². The predicted molar refractivity (Wildman–Crippen MR) is 105 cm³/mol. The molecule has 4 nitrogen and oxygen atoms in total. The predicted octanol–water partition coefficient (Wildman–Crippen LogP) is 3.29. The monoisotopic (exact) mass is 338 g/mol. The molecule has 1 aliphatic heterocycles. The number of unbranched alkanes of at least 4 members (excludes halogenated alkanes) is 1. The van der Waals surface area contributed by atoms with Crippen LogP contribution in [-0.4, -0.2) is 42.6 Å². The molecule has 0 amide bonds. The summed E-state index contributed by atoms with van der Waals surface area (Å²) in [7, 11) is 0. The van der Waals surface area contributed by atoms with Crippen LogP contribution in [0.25, 0.3) is 0 Å². The Morgan fingerprint density at radius 3 is 2.60 bits per heavy atom. The fourth-order valence-corrected chi connectivity index (χ4v) is 3.19. The minimum Gasteiger partial charge on any atom is -0.385 e. The molecule has 0 spiro atoms. The first-order chi connectivity index (χ1) is 12.3. The fourth-order valence-electron chi connectivity index (χ4n) is 3.19. The molecule has 2 heterocycles. The van der Waals surface area contributed by atoms with E-state index in [0.717, 1.165) is 51.4 Å². The molecule has 3 rings (SSSR count). The smallest absolute Gasteiger partial charge is 0.0467 e. The van der Waals surface area contributed by atoms with Crippen LogP contribution >= 0.6 is 0 Å². The Labute approximate surface area is 151 Å². The van der Waals surface area contributed by atoms with Crippen molar-refractivity contribution in [2.45, 2.75) is 32.7 Å². The van der Waals surface area contributed by atoms with E-state index in [0.29, 0.717) is 0 Å². The summed E-state index contributed by atoms with van der Waals surface area (Å²) in [4.78, 5) is 7.04. The van der Waals surface area contributed by atoms with E-state index < -0.39 is 0 Å². The maximum absolute atomic E-state index is 4.52. The van der Waals surface area contributed by atoms with Gasteiger partial charge in [-0.1, -0.05) is 37.6 Å². The quantitative estimate of drug-likeness (QED) is 0.725. The second kappa shape index (κ2) is 9.54. The SMILES string of the molecule is CCCCNc1ccnc(Cc2ccc(CN3CCNCC3)cc2)c1. The lowest BCUT2D eigenvalue weighted by atomic mass is 10.1. The number of nitrogens with zero attached hydrogens (tertiary/aromatic N) is 2. The topological polar surface area (TPSA) is 40.2 Å². The maximum Gasteiger partial charge on any atom is 0.0467 e. The van der Waals surface area contributed by atoms with Crippen molar-refractivity contribution in [3.05, 3.63) is 59.4 Å². The normalized spacial score (nSPS) is 15.2. The Kier molecular flexibility index (Phi) is 6.83. The van der Waals surface area contributed by atoms with Crippen LogP contribution in [0.5, 0.6) is 0 Å². The maximum atomic E-state index is 4.52. The van der Waals surface area contributed by atoms with E-state index >= 15 is 0 Å². The highest BCUT2D eigenvalue weighted by Crippen LogP contribution is 2.14. The zero-order valence-corrected chi connectivity index (χ0v) is 15.3. The zero-order chi connectivity index (χ0) is 17.3. The molecular formula is C21H30N4. The summed E-state index contributed by atoms with van der Waals surface area (Å²) in [6.45, 7) is 8.79. The van der Waals surface area contributed by atoms with Gasteiger partial charge in [0.2, 0.25) is 0 Å². The van der Waals surface area contributed by atoms with Gasteiger partial charge in [0.05, 0.1) is 0 Å². The van der Waals surface area contributed by atoms with Gasteiger partial charge in [-0.25, -0.2) is 0 Å². The molecule has 1 aromatic heterocycles. The molecule has 25 heavy (non-hydrogen) atoms. The molecule has 0 saturated carbocycles. The third kappa shape index (κ3) is 5.83. The molecule has 1 aliphatic rings. The largest absolute Gasteiger partial charge is 0.385 e. The summed E-state index contributed by atoms with van der Waals surface area (Å²) in [5.41, 5.74) is 5.01. The van der Waals surface area contributed by atoms with E-state index in [9.17, 15) is 0 Å². The fraction of sp³-hybridized carbons (Fsp3) is 0.476. The number of benzene rings is 1. The molecule has 4 heteroatoms. The second-order valence-electron chi connectivity index (χ2n) is 6.84.